The lowest BCUT2D eigenvalue weighted by Gasteiger charge is -2.13. The summed E-state index contributed by atoms with van der Waals surface area (Å²) < 4.78 is 0. The van der Waals surface area contributed by atoms with Gasteiger partial charge in [-0.25, -0.2) is 4.98 Å². The molecule has 0 bridgehead atoms. The summed E-state index contributed by atoms with van der Waals surface area (Å²) in [6, 6.07) is 14.9. The minimum absolute atomic E-state index is 0.144. The van der Waals surface area contributed by atoms with Crippen LogP contribution < -0.4 is 10.6 Å². The van der Waals surface area contributed by atoms with Gasteiger partial charge in [-0.05, 0) is 39.2 Å². The topological polar surface area (TPSA) is 73.3 Å². The minimum atomic E-state index is -0.144. The quantitative estimate of drug-likeness (QED) is 0.333. The van der Waals surface area contributed by atoms with Crippen molar-refractivity contribution in [2.24, 2.45) is 0 Å². The van der Waals surface area contributed by atoms with Crippen LogP contribution in [0.2, 0.25) is 10.0 Å². The minimum Gasteiger partial charge on any atom is -0.505 e. The molecule has 8 heteroatoms. The highest BCUT2D eigenvalue weighted by Gasteiger charge is 2.10. The van der Waals surface area contributed by atoms with Crippen LogP contribution in [0, 0.1) is 0 Å². The van der Waals surface area contributed by atoms with Gasteiger partial charge in [-0.15, -0.1) is 0 Å². The molecule has 3 aromatic rings. The Morgan fingerprint density at radius 3 is 2.34 bits per heavy atom. The zero-order valence-corrected chi connectivity index (χ0v) is 17.8. The predicted octanol–water partition coefficient (Wildman–Crippen LogP) is 5.26. The Balaban J connectivity index is 1.87. The molecule has 0 amide bonds. The first-order valence-corrected chi connectivity index (χ1v) is 9.96. The van der Waals surface area contributed by atoms with Gasteiger partial charge >= 0.3 is 0 Å². The van der Waals surface area contributed by atoms with E-state index >= 15 is 0 Å². The average molecular weight is 432 g/mol. The molecule has 1 heterocycles. The van der Waals surface area contributed by atoms with Crippen LogP contribution in [-0.2, 0) is 0 Å². The fraction of sp³-hybridized carbons (Fsp3) is 0.238. The Kier molecular flexibility index (Phi) is 7.14. The molecule has 1 aromatic heterocycles. The number of phenolic OH excluding ortho intramolecular Hbond substituents is 1. The number of rotatable bonds is 8. The van der Waals surface area contributed by atoms with Crippen molar-refractivity contribution in [2.75, 3.05) is 37.8 Å². The number of benzene rings is 2. The number of hydrogen-bond donors (Lipinski definition) is 3. The van der Waals surface area contributed by atoms with Crippen LogP contribution in [0.25, 0.3) is 11.3 Å². The van der Waals surface area contributed by atoms with E-state index in [1.165, 1.54) is 0 Å². The maximum atomic E-state index is 9.76. The second kappa shape index (κ2) is 9.78. The highest BCUT2D eigenvalue weighted by molar-refractivity contribution is 6.37. The molecule has 6 nitrogen and oxygen atoms in total. The van der Waals surface area contributed by atoms with Crippen LogP contribution in [0.3, 0.4) is 0 Å². The van der Waals surface area contributed by atoms with Gasteiger partial charge in [0, 0.05) is 23.9 Å². The summed E-state index contributed by atoms with van der Waals surface area (Å²) in [6.07, 6.45) is 0.970. The summed E-state index contributed by atoms with van der Waals surface area (Å²) >= 11 is 12.1. The molecule has 0 aliphatic heterocycles. The number of nitrogens with one attached hydrogen (secondary N) is 2. The predicted molar refractivity (Wildman–Crippen MR) is 121 cm³/mol. The maximum Gasteiger partial charge on any atom is 0.225 e. The second-order valence-corrected chi connectivity index (χ2v) is 7.64. The molecule has 0 saturated heterocycles. The Hall–Kier alpha value is -2.54. The molecule has 29 heavy (non-hydrogen) atoms. The van der Waals surface area contributed by atoms with Gasteiger partial charge in [0.25, 0.3) is 0 Å². The van der Waals surface area contributed by atoms with E-state index in [0.717, 1.165) is 30.8 Å². The van der Waals surface area contributed by atoms with Crippen molar-refractivity contribution in [1.29, 1.82) is 0 Å². The first-order valence-electron chi connectivity index (χ1n) is 9.20. The van der Waals surface area contributed by atoms with Crippen LogP contribution >= 0.6 is 23.2 Å². The molecule has 152 valence electrons. The Bertz CT molecular complexity index is 944. The third-order valence-corrected chi connectivity index (χ3v) is 4.73. The zero-order chi connectivity index (χ0) is 20.8. The van der Waals surface area contributed by atoms with Crippen molar-refractivity contribution in [3.8, 4) is 17.0 Å². The van der Waals surface area contributed by atoms with Gasteiger partial charge in [0.15, 0.2) is 5.75 Å². The lowest BCUT2D eigenvalue weighted by Crippen LogP contribution is -2.17. The Morgan fingerprint density at radius 1 is 1.00 bits per heavy atom. The average Bonchev–Trinajstić information content (AvgIpc) is 2.70. The fourth-order valence-electron chi connectivity index (χ4n) is 2.73. The van der Waals surface area contributed by atoms with E-state index in [2.05, 4.69) is 25.5 Å². The SMILES string of the molecule is CN(C)CCCNc1nc(Nc2cc(Cl)c(O)c(Cl)c2)cc(-c2ccccc2)n1. The van der Waals surface area contributed by atoms with Crippen LogP contribution in [0.15, 0.2) is 48.5 Å². The summed E-state index contributed by atoms with van der Waals surface area (Å²) in [5.74, 6) is 0.977. The summed E-state index contributed by atoms with van der Waals surface area (Å²) in [5, 5.41) is 16.6. The molecule has 3 rings (SSSR count). The molecule has 3 N–H and O–H groups in total. The van der Waals surface area contributed by atoms with Gasteiger partial charge in [0.05, 0.1) is 15.7 Å². The summed E-state index contributed by atoms with van der Waals surface area (Å²) in [5.41, 5.74) is 2.39. The van der Waals surface area contributed by atoms with Crippen LogP contribution in [0.5, 0.6) is 5.75 Å². The van der Waals surface area contributed by atoms with E-state index < -0.39 is 0 Å². The smallest absolute Gasteiger partial charge is 0.225 e. The highest BCUT2D eigenvalue weighted by atomic mass is 35.5. The maximum absolute atomic E-state index is 9.76. The molecule has 0 spiro atoms. The summed E-state index contributed by atoms with van der Waals surface area (Å²) in [7, 11) is 4.09. The van der Waals surface area contributed by atoms with Gasteiger partial charge < -0.3 is 20.6 Å². The van der Waals surface area contributed by atoms with Crippen LogP contribution in [-0.4, -0.2) is 47.2 Å². The van der Waals surface area contributed by atoms with E-state index in [9.17, 15) is 5.11 Å². The Labute approximate surface area is 180 Å². The Morgan fingerprint density at radius 2 is 1.69 bits per heavy atom. The number of halogens is 2. The molecule has 2 aromatic carbocycles. The van der Waals surface area contributed by atoms with Gasteiger partial charge in [0.2, 0.25) is 5.95 Å². The van der Waals surface area contributed by atoms with Crippen molar-refractivity contribution < 1.29 is 5.11 Å². The number of aromatic hydroxyl groups is 1. The van der Waals surface area contributed by atoms with Gasteiger partial charge in [-0.2, -0.15) is 4.98 Å². The van der Waals surface area contributed by atoms with Crippen molar-refractivity contribution in [1.82, 2.24) is 14.9 Å². The number of aromatic nitrogens is 2. The van der Waals surface area contributed by atoms with Crippen molar-refractivity contribution in [2.45, 2.75) is 6.42 Å². The molecule has 0 aliphatic rings. The molecule has 0 fully saturated rings. The zero-order valence-electron chi connectivity index (χ0n) is 16.3. The number of anilines is 3. The van der Waals surface area contributed by atoms with E-state index in [4.69, 9.17) is 23.2 Å². The molecule has 0 radical (unpaired) electrons. The van der Waals surface area contributed by atoms with E-state index in [-0.39, 0.29) is 15.8 Å². The second-order valence-electron chi connectivity index (χ2n) is 6.83. The van der Waals surface area contributed by atoms with Crippen molar-refractivity contribution >= 4 is 40.7 Å². The van der Waals surface area contributed by atoms with E-state index in [0.29, 0.717) is 17.5 Å². The first kappa shape index (κ1) is 21.2. The van der Waals surface area contributed by atoms with Crippen molar-refractivity contribution in [3.05, 3.63) is 58.6 Å². The summed E-state index contributed by atoms with van der Waals surface area (Å²) in [4.78, 5) is 11.3. The third kappa shape index (κ3) is 5.97. The molecule has 0 atom stereocenters. The standard InChI is InChI=1S/C21H23Cl2N5O/c1-28(2)10-6-9-24-21-26-18(14-7-4-3-5-8-14)13-19(27-21)25-15-11-16(22)20(29)17(23)12-15/h3-5,7-8,11-13,29H,6,9-10H2,1-2H3,(H2,24,25,26,27). The lowest BCUT2D eigenvalue weighted by atomic mass is 10.1. The normalized spacial score (nSPS) is 10.9. The first-order chi connectivity index (χ1) is 13.9. The monoisotopic (exact) mass is 431 g/mol. The van der Waals surface area contributed by atoms with Gasteiger partial charge in [-0.1, -0.05) is 53.5 Å². The van der Waals surface area contributed by atoms with Crippen molar-refractivity contribution in [3.63, 3.8) is 0 Å². The van der Waals surface area contributed by atoms with Gasteiger partial charge in [-0.3, -0.25) is 0 Å². The van der Waals surface area contributed by atoms with Gasteiger partial charge in [0.1, 0.15) is 5.82 Å². The molecule has 0 saturated carbocycles. The number of phenols is 1. The van der Waals surface area contributed by atoms with E-state index in [1.807, 2.05) is 50.5 Å². The van der Waals surface area contributed by atoms with Crippen LogP contribution in [0.4, 0.5) is 17.5 Å². The van der Waals surface area contributed by atoms with E-state index in [1.54, 1.807) is 12.1 Å². The number of hydrogen-bond acceptors (Lipinski definition) is 6. The lowest BCUT2D eigenvalue weighted by molar-refractivity contribution is 0.405. The summed E-state index contributed by atoms with van der Waals surface area (Å²) in [6.45, 7) is 1.73. The molecule has 0 unspecified atom stereocenters. The highest BCUT2D eigenvalue weighted by Crippen LogP contribution is 2.35. The largest absolute Gasteiger partial charge is 0.505 e. The fourth-order valence-corrected chi connectivity index (χ4v) is 3.22. The molecule has 0 aliphatic carbocycles. The molecular formula is C21H23Cl2N5O. The molecular weight excluding hydrogens is 409 g/mol. The van der Waals surface area contributed by atoms with Crippen LogP contribution in [0.1, 0.15) is 6.42 Å². The third-order valence-electron chi connectivity index (χ3n) is 4.15. The number of nitrogens with zero attached hydrogens (tertiary/aromatic N) is 3.